The Morgan fingerprint density at radius 3 is 2.54 bits per heavy atom. The van der Waals surface area contributed by atoms with Gasteiger partial charge in [-0.15, -0.1) is 0 Å². The van der Waals surface area contributed by atoms with Crippen LogP contribution in [0.5, 0.6) is 0 Å². The predicted octanol–water partition coefficient (Wildman–Crippen LogP) is 2.29. The van der Waals surface area contributed by atoms with E-state index < -0.39 is 0 Å². The number of hydrogen-bond acceptors (Lipinski definition) is 4. The van der Waals surface area contributed by atoms with Crippen LogP contribution >= 0.6 is 0 Å². The molecule has 0 bridgehead atoms. The van der Waals surface area contributed by atoms with Gasteiger partial charge in [0.1, 0.15) is 5.82 Å². The van der Waals surface area contributed by atoms with Crippen LogP contribution in [-0.4, -0.2) is 51.8 Å². The third-order valence-corrected chi connectivity index (χ3v) is 4.82. The van der Waals surface area contributed by atoms with Crippen molar-refractivity contribution in [1.82, 2.24) is 19.8 Å². The van der Waals surface area contributed by atoms with Gasteiger partial charge in [-0.3, -0.25) is 0 Å². The number of nitrogens with zero attached hydrogens (tertiary/aromatic N) is 3. The van der Waals surface area contributed by atoms with Gasteiger partial charge in [0, 0.05) is 37.2 Å². The van der Waals surface area contributed by atoms with E-state index in [2.05, 4.69) is 51.0 Å². The lowest BCUT2D eigenvalue weighted by molar-refractivity contribution is 0.121. The summed E-state index contributed by atoms with van der Waals surface area (Å²) in [6.07, 6.45) is 6.01. The van der Waals surface area contributed by atoms with Crippen LogP contribution in [0.15, 0.2) is 36.7 Å². The fraction of sp³-hybridized carbons (Fsp3) is 0.526. The van der Waals surface area contributed by atoms with Crippen molar-refractivity contribution in [3.8, 4) is 5.69 Å². The van der Waals surface area contributed by atoms with E-state index in [-0.39, 0.29) is 12.1 Å². The van der Waals surface area contributed by atoms with Crippen LogP contribution in [0.4, 0.5) is 0 Å². The number of rotatable bonds is 7. The molecule has 5 nitrogen and oxygen atoms in total. The number of imidazole rings is 1. The molecule has 5 heteroatoms. The van der Waals surface area contributed by atoms with Crippen molar-refractivity contribution < 1.29 is 5.11 Å². The Bertz CT molecular complexity index is 631. The molecule has 2 atom stereocenters. The highest BCUT2D eigenvalue weighted by Crippen LogP contribution is 2.17. The molecule has 2 heterocycles. The summed E-state index contributed by atoms with van der Waals surface area (Å²) < 4.78 is 2.07. The van der Waals surface area contributed by atoms with Crippen molar-refractivity contribution in [2.45, 2.75) is 38.8 Å². The maximum atomic E-state index is 10.2. The zero-order chi connectivity index (χ0) is 16.9. The first-order valence-corrected chi connectivity index (χ1v) is 8.87. The fourth-order valence-electron chi connectivity index (χ4n) is 3.33. The first-order chi connectivity index (χ1) is 11.6. The van der Waals surface area contributed by atoms with Crippen LogP contribution in [0.3, 0.4) is 0 Å². The van der Waals surface area contributed by atoms with Crippen molar-refractivity contribution >= 4 is 0 Å². The molecule has 1 aliphatic rings. The first-order valence-electron chi connectivity index (χ1n) is 8.87. The number of likely N-dealkylation sites (tertiary alicyclic amines) is 1. The summed E-state index contributed by atoms with van der Waals surface area (Å²) in [5, 5.41) is 13.6. The number of β-amino-alcohol motifs (C(OH)–C–C–N with tert-alkyl or cyclic N) is 1. The fourth-order valence-corrected chi connectivity index (χ4v) is 3.33. The largest absolute Gasteiger partial charge is 0.390 e. The molecule has 3 rings (SSSR count). The average Bonchev–Trinajstić information content (AvgIpc) is 3.24. The number of hydrogen-bond donors (Lipinski definition) is 2. The number of nitrogens with one attached hydrogen (secondary N) is 1. The zero-order valence-corrected chi connectivity index (χ0v) is 14.7. The molecule has 2 N–H and O–H groups in total. The molecule has 2 aromatic rings. The van der Waals surface area contributed by atoms with Gasteiger partial charge in [0.25, 0.3) is 0 Å². The highest BCUT2D eigenvalue weighted by molar-refractivity contribution is 5.36. The number of aliphatic hydroxyl groups is 1. The van der Waals surface area contributed by atoms with E-state index in [1.807, 2.05) is 19.3 Å². The topological polar surface area (TPSA) is 53.3 Å². The van der Waals surface area contributed by atoms with Crippen molar-refractivity contribution in [3.05, 3.63) is 48.0 Å². The quantitative estimate of drug-likeness (QED) is 0.819. The van der Waals surface area contributed by atoms with Crippen LogP contribution in [-0.2, 0) is 0 Å². The van der Waals surface area contributed by atoms with Gasteiger partial charge in [0.15, 0.2) is 0 Å². The minimum absolute atomic E-state index is 0.219. The Hall–Kier alpha value is -1.69. The second-order valence-electron chi connectivity index (χ2n) is 6.73. The summed E-state index contributed by atoms with van der Waals surface area (Å²) in [4.78, 5) is 6.61. The normalized spacial score (nSPS) is 18.0. The van der Waals surface area contributed by atoms with Gasteiger partial charge in [-0.1, -0.05) is 12.1 Å². The second-order valence-corrected chi connectivity index (χ2v) is 6.73. The number of aryl methyl sites for hydroxylation is 1. The Morgan fingerprint density at radius 2 is 1.92 bits per heavy atom. The molecule has 0 spiro atoms. The van der Waals surface area contributed by atoms with Crippen molar-refractivity contribution in [2.75, 3.05) is 26.2 Å². The molecule has 0 radical (unpaired) electrons. The number of aromatic nitrogens is 2. The van der Waals surface area contributed by atoms with E-state index >= 15 is 0 Å². The molecule has 0 saturated carbocycles. The summed E-state index contributed by atoms with van der Waals surface area (Å²) in [7, 11) is 0. The standard InChI is InChI=1S/C19H28N4O/c1-15(21-13-19(24)14-22-10-3-4-11-22)17-5-7-18(8-6-17)23-12-9-20-16(23)2/h5-9,12,15,19,21,24H,3-4,10-11,13-14H2,1-2H3. The summed E-state index contributed by atoms with van der Waals surface area (Å²) in [5.74, 6) is 0.985. The van der Waals surface area contributed by atoms with Gasteiger partial charge in [-0.05, 0) is 57.5 Å². The molecule has 2 unspecified atom stereocenters. The lowest BCUT2D eigenvalue weighted by Crippen LogP contribution is -2.37. The SMILES string of the molecule is Cc1nccn1-c1ccc(C(C)NCC(O)CN2CCCC2)cc1. The lowest BCUT2D eigenvalue weighted by Gasteiger charge is -2.22. The molecule has 1 aromatic heterocycles. The minimum Gasteiger partial charge on any atom is -0.390 e. The Kier molecular flexibility index (Phi) is 5.66. The summed E-state index contributed by atoms with van der Waals surface area (Å²) in [5.41, 5.74) is 2.35. The van der Waals surface area contributed by atoms with Gasteiger partial charge < -0.3 is 19.9 Å². The van der Waals surface area contributed by atoms with E-state index in [0.29, 0.717) is 6.54 Å². The Labute approximate surface area is 144 Å². The minimum atomic E-state index is -0.307. The van der Waals surface area contributed by atoms with Gasteiger partial charge in [0.05, 0.1) is 6.10 Å². The van der Waals surface area contributed by atoms with Crippen LogP contribution in [0.25, 0.3) is 5.69 Å². The van der Waals surface area contributed by atoms with Gasteiger partial charge >= 0.3 is 0 Å². The highest BCUT2D eigenvalue weighted by Gasteiger charge is 2.16. The summed E-state index contributed by atoms with van der Waals surface area (Å²) in [6.45, 7) is 7.79. The summed E-state index contributed by atoms with van der Waals surface area (Å²) in [6, 6.07) is 8.72. The zero-order valence-electron chi connectivity index (χ0n) is 14.7. The van der Waals surface area contributed by atoms with E-state index in [4.69, 9.17) is 0 Å². The molecule has 0 aliphatic carbocycles. The van der Waals surface area contributed by atoms with Gasteiger partial charge in [-0.25, -0.2) is 4.98 Å². The molecule has 1 fully saturated rings. The maximum Gasteiger partial charge on any atom is 0.110 e. The smallest absolute Gasteiger partial charge is 0.110 e. The first kappa shape index (κ1) is 17.1. The van der Waals surface area contributed by atoms with Crippen molar-refractivity contribution in [2.24, 2.45) is 0 Å². The molecule has 1 aliphatic heterocycles. The van der Waals surface area contributed by atoms with Gasteiger partial charge in [-0.2, -0.15) is 0 Å². The highest BCUT2D eigenvalue weighted by atomic mass is 16.3. The third kappa shape index (κ3) is 4.23. The molecular weight excluding hydrogens is 300 g/mol. The third-order valence-electron chi connectivity index (χ3n) is 4.82. The molecule has 1 saturated heterocycles. The Balaban J connectivity index is 1.51. The van der Waals surface area contributed by atoms with E-state index in [0.717, 1.165) is 31.1 Å². The lowest BCUT2D eigenvalue weighted by atomic mass is 10.1. The van der Waals surface area contributed by atoms with Crippen LogP contribution in [0.2, 0.25) is 0 Å². The molecular formula is C19H28N4O. The summed E-state index contributed by atoms with van der Waals surface area (Å²) >= 11 is 0. The van der Waals surface area contributed by atoms with E-state index in [1.165, 1.54) is 18.4 Å². The predicted molar refractivity (Wildman–Crippen MR) is 96.4 cm³/mol. The van der Waals surface area contributed by atoms with E-state index in [9.17, 15) is 5.11 Å². The molecule has 1 aromatic carbocycles. The maximum absolute atomic E-state index is 10.2. The van der Waals surface area contributed by atoms with E-state index in [1.54, 1.807) is 0 Å². The van der Waals surface area contributed by atoms with Gasteiger partial charge in [0.2, 0.25) is 0 Å². The van der Waals surface area contributed by atoms with Crippen LogP contribution < -0.4 is 5.32 Å². The van der Waals surface area contributed by atoms with Crippen LogP contribution in [0, 0.1) is 6.92 Å². The monoisotopic (exact) mass is 328 g/mol. The number of benzene rings is 1. The van der Waals surface area contributed by atoms with Crippen LogP contribution in [0.1, 0.15) is 37.2 Å². The van der Waals surface area contributed by atoms with Crippen molar-refractivity contribution in [3.63, 3.8) is 0 Å². The molecule has 0 amide bonds. The molecule has 130 valence electrons. The Morgan fingerprint density at radius 1 is 1.21 bits per heavy atom. The average molecular weight is 328 g/mol. The second kappa shape index (κ2) is 7.92. The van der Waals surface area contributed by atoms with Crippen molar-refractivity contribution in [1.29, 1.82) is 0 Å². The molecule has 24 heavy (non-hydrogen) atoms. The number of aliphatic hydroxyl groups excluding tert-OH is 1.